The summed E-state index contributed by atoms with van der Waals surface area (Å²) in [4.78, 5) is 14.9. The maximum atomic E-state index is 13.6. The Morgan fingerprint density at radius 2 is 1.64 bits per heavy atom. The number of carbonyl (C=O) groups is 1. The largest absolute Gasteiger partial charge is 0.416 e. The maximum Gasteiger partial charge on any atom is 0.416 e. The van der Waals surface area contributed by atoms with Crippen molar-refractivity contribution in [2.24, 2.45) is 0 Å². The lowest BCUT2D eigenvalue weighted by Crippen LogP contribution is -2.36. The minimum absolute atomic E-state index is 0.0252. The Hall–Kier alpha value is -3.63. The summed E-state index contributed by atoms with van der Waals surface area (Å²) in [5, 5.41) is 9.71. The van der Waals surface area contributed by atoms with Gasteiger partial charge >= 0.3 is 6.18 Å². The molecule has 39 heavy (non-hydrogen) atoms. The van der Waals surface area contributed by atoms with Crippen molar-refractivity contribution in [2.75, 3.05) is 17.5 Å². The van der Waals surface area contributed by atoms with E-state index in [1.807, 2.05) is 6.92 Å². The molecule has 0 spiro atoms. The van der Waals surface area contributed by atoms with E-state index in [9.17, 15) is 31.5 Å². The molecule has 3 aromatic carbocycles. The molecule has 0 unspecified atom stereocenters. The van der Waals surface area contributed by atoms with Crippen molar-refractivity contribution < 1.29 is 31.5 Å². The summed E-state index contributed by atoms with van der Waals surface area (Å²) >= 11 is 0. The van der Waals surface area contributed by atoms with Crippen LogP contribution in [0.4, 0.5) is 18.9 Å². The maximum absolute atomic E-state index is 13.6. The van der Waals surface area contributed by atoms with Gasteiger partial charge in [0.2, 0.25) is 5.91 Å². The highest BCUT2D eigenvalue weighted by Gasteiger charge is 2.34. The lowest BCUT2D eigenvalue weighted by molar-refractivity contribution is -0.137. The normalized spacial score (nSPS) is 14.0. The highest BCUT2D eigenvalue weighted by molar-refractivity contribution is 7.92. The van der Waals surface area contributed by atoms with Crippen molar-refractivity contribution in [1.29, 1.82) is 0 Å². The lowest BCUT2D eigenvalue weighted by Gasteiger charge is -2.28. The first-order valence-corrected chi connectivity index (χ1v) is 13.9. The molecule has 1 aliphatic rings. The quantitative estimate of drug-likeness (QED) is 0.338. The average Bonchev–Trinajstić information content (AvgIpc) is 3.74. The third-order valence-electron chi connectivity index (χ3n) is 6.44. The first-order chi connectivity index (χ1) is 18.5. The van der Waals surface area contributed by atoms with E-state index < -0.39 is 28.4 Å². The van der Waals surface area contributed by atoms with Crippen molar-refractivity contribution in [3.8, 4) is 0 Å². The van der Waals surface area contributed by atoms with E-state index in [0.717, 1.165) is 34.8 Å². The summed E-state index contributed by atoms with van der Waals surface area (Å²) in [6.45, 7) is 1.41. The number of nitrogens with zero attached hydrogens (tertiary/aromatic N) is 2. The molecule has 0 heterocycles. The van der Waals surface area contributed by atoms with Crippen LogP contribution in [0.3, 0.4) is 0 Å². The second-order valence-corrected chi connectivity index (χ2v) is 11.3. The van der Waals surface area contributed by atoms with Crippen LogP contribution in [0.25, 0.3) is 6.08 Å². The number of halogens is 3. The van der Waals surface area contributed by atoms with E-state index in [1.54, 1.807) is 41.3 Å². The Morgan fingerprint density at radius 1 is 1.00 bits per heavy atom. The van der Waals surface area contributed by atoms with E-state index in [0.29, 0.717) is 16.8 Å². The molecule has 0 atom stereocenters. The van der Waals surface area contributed by atoms with Crippen LogP contribution < -0.4 is 4.31 Å². The molecule has 0 aromatic heterocycles. The minimum Gasteiger partial charge on any atom is -0.394 e. The Balaban J connectivity index is 1.59. The molecule has 10 heteroatoms. The highest BCUT2D eigenvalue weighted by Crippen LogP contribution is 2.33. The van der Waals surface area contributed by atoms with Gasteiger partial charge in [0.1, 0.15) is 0 Å². The predicted molar refractivity (Wildman–Crippen MR) is 143 cm³/mol. The zero-order chi connectivity index (χ0) is 28.2. The number of para-hydroxylation sites is 1. The molecule has 1 aliphatic carbocycles. The number of carbonyl (C=O) groups excluding carboxylic acids is 1. The molecule has 0 saturated heterocycles. The number of amides is 1. The fourth-order valence-electron chi connectivity index (χ4n) is 4.19. The molecule has 0 bridgehead atoms. The molecular weight excluding hydrogens is 529 g/mol. The predicted octanol–water partition coefficient (Wildman–Crippen LogP) is 5.41. The topological polar surface area (TPSA) is 77.9 Å². The number of aryl methyl sites for hydroxylation is 1. The van der Waals surface area contributed by atoms with Gasteiger partial charge in [-0.25, -0.2) is 8.42 Å². The number of benzene rings is 3. The molecule has 0 aliphatic heterocycles. The third kappa shape index (κ3) is 6.88. The smallest absolute Gasteiger partial charge is 0.394 e. The van der Waals surface area contributed by atoms with Crippen LogP contribution in [-0.2, 0) is 27.5 Å². The van der Waals surface area contributed by atoms with E-state index in [2.05, 4.69) is 0 Å². The highest BCUT2D eigenvalue weighted by atomic mass is 32.2. The van der Waals surface area contributed by atoms with E-state index in [4.69, 9.17) is 0 Å². The van der Waals surface area contributed by atoms with Crippen LogP contribution in [0.2, 0.25) is 0 Å². The third-order valence-corrected chi connectivity index (χ3v) is 8.27. The monoisotopic (exact) mass is 558 g/mol. The van der Waals surface area contributed by atoms with Crippen LogP contribution in [-0.4, -0.2) is 43.5 Å². The van der Waals surface area contributed by atoms with Gasteiger partial charge in [0.05, 0.1) is 29.3 Å². The van der Waals surface area contributed by atoms with Crippen LogP contribution >= 0.6 is 0 Å². The van der Waals surface area contributed by atoms with E-state index in [1.165, 1.54) is 36.4 Å². The number of sulfonamides is 1. The molecule has 3 aromatic rings. The molecule has 4 rings (SSSR count). The number of rotatable bonds is 10. The van der Waals surface area contributed by atoms with E-state index >= 15 is 0 Å². The van der Waals surface area contributed by atoms with Crippen LogP contribution in [0.15, 0.2) is 83.8 Å². The zero-order valence-corrected chi connectivity index (χ0v) is 22.1. The lowest BCUT2D eigenvalue weighted by atomic mass is 10.1. The van der Waals surface area contributed by atoms with Crippen molar-refractivity contribution >= 4 is 27.7 Å². The molecule has 6 nitrogen and oxygen atoms in total. The van der Waals surface area contributed by atoms with Crippen LogP contribution in [0, 0.1) is 6.92 Å². The fraction of sp³-hybridized carbons (Fsp3) is 0.276. The SMILES string of the molecule is Cc1ccc(S(=O)(=O)N(CCO)c2ccccc2CN(C(=O)/C=C/c2ccc(C(F)(F)F)cc2)C2CC2)cc1. The van der Waals surface area contributed by atoms with Gasteiger partial charge in [0.15, 0.2) is 0 Å². The summed E-state index contributed by atoms with van der Waals surface area (Å²) in [6.07, 6.45) is -0.0685. The van der Waals surface area contributed by atoms with Crippen molar-refractivity contribution in [3.63, 3.8) is 0 Å². The van der Waals surface area contributed by atoms with Gasteiger partial charge in [0, 0.05) is 18.7 Å². The van der Waals surface area contributed by atoms with Crippen LogP contribution in [0.1, 0.15) is 35.1 Å². The summed E-state index contributed by atoms with van der Waals surface area (Å²) in [5.41, 5.74) is 1.54. The summed E-state index contributed by atoms with van der Waals surface area (Å²) in [7, 11) is -4.00. The van der Waals surface area contributed by atoms with Gasteiger partial charge in [0.25, 0.3) is 10.0 Å². The Labute approximate surface area is 226 Å². The second-order valence-electron chi connectivity index (χ2n) is 9.39. The minimum atomic E-state index is -4.44. The van der Waals surface area contributed by atoms with Gasteiger partial charge in [-0.3, -0.25) is 9.10 Å². The Bertz CT molecular complexity index is 1430. The van der Waals surface area contributed by atoms with Crippen LogP contribution in [0.5, 0.6) is 0 Å². The number of alkyl halides is 3. The number of anilines is 1. The van der Waals surface area contributed by atoms with Gasteiger partial charge in [-0.2, -0.15) is 13.2 Å². The summed E-state index contributed by atoms with van der Waals surface area (Å²) < 4.78 is 66.8. The standard InChI is InChI=1S/C29H29F3N2O4S/c1-21-6-15-26(16-7-21)39(37,38)34(18-19-35)27-5-3-2-4-23(27)20-33(25-13-14-25)28(36)17-10-22-8-11-24(12-9-22)29(30,31)32/h2-12,15-17,25,35H,13-14,18-20H2,1H3/b17-10+. The average molecular weight is 559 g/mol. The number of hydrogen-bond acceptors (Lipinski definition) is 4. The van der Waals surface area contributed by atoms with Crippen molar-refractivity contribution in [2.45, 2.75) is 43.4 Å². The number of aliphatic hydroxyl groups is 1. The van der Waals surface area contributed by atoms with Gasteiger partial charge in [-0.15, -0.1) is 0 Å². The van der Waals surface area contributed by atoms with Crippen molar-refractivity contribution in [1.82, 2.24) is 4.90 Å². The van der Waals surface area contributed by atoms with Gasteiger partial charge in [-0.05, 0) is 67.3 Å². The molecule has 1 saturated carbocycles. The molecule has 206 valence electrons. The fourth-order valence-corrected chi connectivity index (χ4v) is 5.68. The Morgan fingerprint density at radius 3 is 2.23 bits per heavy atom. The Kier molecular flexibility index (Phi) is 8.46. The summed E-state index contributed by atoms with van der Waals surface area (Å²) in [5.74, 6) is -0.331. The summed E-state index contributed by atoms with van der Waals surface area (Å²) in [6, 6.07) is 17.8. The first kappa shape index (κ1) is 28.4. The van der Waals surface area contributed by atoms with E-state index in [-0.39, 0.29) is 29.9 Å². The molecule has 1 fully saturated rings. The molecule has 1 N–H and O–H groups in total. The zero-order valence-electron chi connectivity index (χ0n) is 21.3. The number of hydrogen-bond donors (Lipinski definition) is 1. The molecule has 1 amide bonds. The van der Waals surface area contributed by atoms with Gasteiger partial charge in [-0.1, -0.05) is 48.0 Å². The van der Waals surface area contributed by atoms with Crippen molar-refractivity contribution in [3.05, 3.63) is 101 Å². The molecule has 0 radical (unpaired) electrons. The van der Waals surface area contributed by atoms with Gasteiger partial charge < -0.3 is 10.0 Å². The first-order valence-electron chi connectivity index (χ1n) is 12.4. The number of aliphatic hydroxyl groups excluding tert-OH is 1. The molecular formula is C29H29F3N2O4S. The second kappa shape index (κ2) is 11.6.